The Kier molecular flexibility index (Phi) is 19.8. The van der Waals surface area contributed by atoms with Crippen molar-refractivity contribution in [2.45, 2.75) is 90.9 Å². The maximum atomic E-state index is 2.29. The maximum Gasteiger partial charge on any atom is -0.0533 e. The molecule has 0 aliphatic rings. The lowest BCUT2D eigenvalue weighted by molar-refractivity contribution is 0.548. The van der Waals surface area contributed by atoms with E-state index in [-0.39, 0.29) is 13.5 Å². The second kappa shape index (κ2) is 16.8. The molecule has 0 heterocycles. The number of hydrogen-bond acceptors (Lipinski definition) is 0. The van der Waals surface area contributed by atoms with Gasteiger partial charge in [-0.2, -0.15) is 13.5 Å². The Morgan fingerprint density at radius 2 is 0.600 bits per heavy atom. The van der Waals surface area contributed by atoms with Crippen molar-refractivity contribution in [3.8, 4) is 0 Å². The second-order valence-corrected chi connectivity index (χ2v) is 4.54. The van der Waals surface area contributed by atoms with Gasteiger partial charge in [-0.25, -0.2) is 0 Å². The highest BCUT2D eigenvalue weighted by molar-refractivity contribution is 7.59. The van der Waals surface area contributed by atoms with Gasteiger partial charge in [-0.15, -0.1) is 0 Å². The Hall–Kier alpha value is 0.350. The number of hydrogen-bond donors (Lipinski definition) is 0. The van der Waals surface area contributed by atoms with Crippen molar-refractivity contribution in [1.82, 2.24) is 0 Å². The second-order valence-electron chi connectivity index (χ2n) is 4.54. The highest BCUT2D eigenvalue weighted by Gasteiger charge is 1.91. The molecule has 0 bridgehead atoms. The zero-order chi connectivity index (χ0) is 10.5. The summed E-state index contributed by atoms with van der Waals surface area (Å²) in [6.45, 7) is 4.57. The normalized spacial score (nSPS) is 10.0. The smallest absolute Gasteiger partial charge is 0.0533 e. The summed E-state index contributed by atoms with van der Waals surface area (Å²) in [6, 6.07) is 0. The van der Waals surface area contributed by atoms with Crippen LogP contribution in [-0.2, 0) is 0 Å². The topological polar surface area (TPSA) is 0 Å². The van der Waals surface area contributed by atoms with Crippen LogP contribution in [0, 0.1) is 0 Å². The van der Waals surface area contributed by atoms with Gasteiger partial charge >= 0.3 is 0 Å². The summed E-state index contributed by atoms with van der Waals surface area (Å²) in [5.41, 5.74) is 0. The van der Waals surface area contributed by atoms with Crippen LogP contribution in [0.3, 0.4) is 0 Å². The van der Waals surface area contributed by atoms with E-state index < -0.39 is 0 Å². The lowest BCUT2D eigenvalue weighted by Gasteiger charge is -2.01. The van der Waals surface area contributed by atoms with E-state index >= 15 is 0 Å². The van der Waals surface area contributed by atoms with Gasteiger partial charge in [-0.3, -0.25) is 0 Å². The zero-order valence-corrected chi connectivity index (χ0v) is 12.0. The Labute approximate surface area is 105 Å². The fourth-order valence-electron chi connectivity index (χ4n) is 1.91. The fourth-order valence-corrected chi connectivity index (χ4v) is 1.91. The molecule has 94 valence electrons. The first-order valence-electron chi connectivity index (χ1n) is 6.91. The van der Waals surface area contributed by atoms with Crippen LogP contribution in [0.2, 0.25) is 0 Å². The highest BCUT2D eigenvalue weighted by atomic mass is 32.1. The number of unbranched alkanes of at least 4 members (excludes halogenated alkanes) is 11. The van der Waals surface area contributed by atoms with Crippen LogP contribution in [0.15, 0.2) is 0 Å². The van der Waals surface area contributed by atoms with Gasteiger partial charge < -0.3 is 0 Å². The van der Waals surface area contributed by atoms with Crippen LogP contribution in [-0.4, -0.2) is 0 Å². The molecule has 0 radical (unpaired) electrons. The van der Waals surface area contributed by atoms with Crippen molar-refractivity contribution in [3.63, 3.8) is 0 Å². The van der Waals surface area contributed by atoms with Crippen LogP contribution in [0.4, 0.5) is 0 Å². The first kappa shape index (κ1) is 17.7. The van der Waals surface area contributed by atoms with Crippen LogP contribution < -0.4 is 0 Å². The van der Waals surface area contributed by atoms with Crippen LogP contribution in [0.5, 0.6) is 0 Å². The van der Waals surface area contributed by atoms with Crippen molar-refractivity contribution in [2.24, 2.45) is 0 Å². The molecule has 0 aliphatic heterocycles. The molecule has 0 aromatic rings. The van der Waals surface area contributed by atoms with E-state index in [1.807, 2.05) is 0 Å². The molecule has 0 spiro atoms. The molecular weight excluding hydrogens is 200 g/mol. The van der Waals surface area contributed by atoms with E-state index in [1.165, 1.54) is 77.0 Å². The molecule has 0 saturated carbocycles. The van der Waals surface area contributed by atoms with E-state index in [0.717, 1.165) is 0 Å². The summed E-state index contributed by atoms with van der Waals surface area (Å²) in [5, 5.41) is 0. The Morgan fingerprint density at radius 3 is 0.800 bits per heavy atom. The molecule has 1 heteroatoms. The zero-order valence-electron chi connectivity index (χ0n) is 11.0. The minimum Gasteiger partial charge on any atom is -0.197 e. The van der Waals surface area contributed by atoms with Crippen molar-refractivity contribution in [1.29, 1.82) is 0 Å². The summed E-state index contributed by atoms with van der Waals surface area (Å²) < 4.78 is 0. The van der Waals surface area contributed by atoms with Gasteiger partial charge in [0.25, 0.3) is 0 Å². The minimum atomic E-state index is 0. The SMILES string of the molecule is CCCCCCCCCCCCCC.S. The van der Waals surface area contributed by atoms with E-state index in [4.69, 9.17) is 0 Å². The summed E-state index contributed by atoms with van der Waals surface area (Å²) in [6.07, 6.45) is 17.4. The summed E-state index contributed by atoms with van der Waals surface area (Å²) in [7, 11) is 0. The molecule has 15 heavy (non-hydrogen) atoms. The lowest BCUT2D eigenvalue weighted by atomic mass is 10.1. The van der Waals surface area contributed by atoms with Crippen LogP contribution in [0.1, 0.15) is 90.9 Å². The van der Waals surface area contributed by atoms with Crippen molar-refractivity contribution in [2.75, 3.05) is 0 Å². The Bertz CT molecular complexity index is 79.3. The molecule has 0 N–H and O–H groups in total. The molecule has 0 aromatic heterocycles. The first-order chi connectivity index (χ1) is 6.91. The Morgan fingerprint density at radius 1 is 0.400 bits per heavy atom. The van der Waals surface area contributed by atoms with Gasteiger partial charge in [0, 0.05) is 0 Å². The van der Waals surface area contributed by atoms with Crippen molar-refractivity contribution < 1.29 is 0 Å². The monoisotopic (exact) mass is 232 g/mol. The van der Waals surface area contributed by atoms with Gasteiger partial charge in [0.2, 0.25) is 0 Å². The van der Waals surface area contributed by atoms with E-state index in [2.05, 4.69) is 13.8 Å². The summed E-state index contributed by atoms with van der Waals surface area (Å²) in [4.78, 5) is 0. The molecule has 0 unspecified atom stereocenters. The lowest BCUT2D eigenvalue weighted by Crippen LogP contribution is -1.81. The molecule has 0 rings (SSSR count). The van der Waals surface area contributed by atoms with Crippen molar-refractivity contribution >= 4 is 13.5 Å². The average molecular weight is 232 g/mol. The van der Waals surface area contributed by atoms with Gasteiger partial charge in [0.1, 0.15) is 0 Å². The van der Waals surface area contributed by atoms with E-state index in [1.54, 1.807) is 0 Å². The molecule has 0 atom stereocenters. The fraction of sp³-hybridized carbons (Fsp3) is 1.00. The summed E-state index contributed by atoms with van der Waals surface area (Å²) >= 11 is 0. The standard InChI is InChI=1S/C14H30.H2S/c1-3-5-7-9-11-13-14-12-10-8-6-4-2;/h3-14H2,1-2H3;1H2. The largest absolute Gasteiger partial charge is 0.197 e. The third-order valence-electron chi connectivity index (χ3n) is 2.96. The Balaban J connectivity index is 0. The number of rotatable bonds is 11. The quantitative estimate of drug-likeness (QED) is 0.394. The third-order valence-corrected chi connectivity index (χ3v) is 2.96. The summed E-state index contributed by atoms with van der Waals surface area (Å²) in [5.74, 6) is 0. The van der Waals surface area contributed by atoms with Gasteiger partial charge in [0.05, 0.1) is 0 Å². The molecule has 0 fully saturated rings. The van der Waals surface area contributed by atoms with Crippen molar-refractivity contribution in [3.05, 3.63) is 0 Å². The maximum absolute atomic E-state index is 2.29. The molecule has 0 nitrogen and oxygen atoms in total. The highest BCUT2D eigenvalue weighted by Crippen LogP contribution is 2.11. The third kappa shape index (κ3) is 17.0. The predicted octanol–water partition coefficient (Wildman–Crippen LogP) is 5.82. The molecule has 0 aliphatic carbocycles. The van der Waals surface area contributed by atoms with Crippen LogP contribution >= 0.6 is 13.5 Å². The minimum absolute atomic E-state index is 0. The van der Waals surface area contributed by atoms with E-state index in [9.17, 15) is 0 Å². The van der Waals surface area contributed by atoms with Gasteiger partial charge in [-0.1, -0.05) is 90.9 Å². The molecular formula is C14H32S. The molecule has 0 amide bonds. The van der Waals surface area contributed by atoms with Crippen LogP contribution in [0.25, 0.3) is 0 Å². The van der Waals surface area contributed by atoms with Gasteiger partial charge in [0.15, 0.2) is 0 Å². The predicted molar refractivity (Wildman–Crippen MR) is 77.1 cm³/mol. The molecule has 0 aromatic carbocycles. The first-order valence-corrected chi connectivity index (χ1v) is 6.91. The average Bonchev–Trinajstić information content (AvgIpc) is 2.21. The van der Waals surface area contributed by atoms with Gasteiger partial charge in [-0.05, 0) is 0 Å². The van der Waals surface area contributed by atoms with E-state index in [0.29, 0.717) is 0 Å². The molecule has 0 saturated heterocycles.